The number of carboxylic acids is 1. The quantitative estimate of drug-likeness (QED) is 0.239. The number of hydrogen-bond donors (Lipinski definition) is 4. The molecule has 9 heteroatoms. The van der Waals surface area contributed by atoms with Crippen LogP contribution in [-0.4, -0.2) is 58.0 Å². The second-order valence-electron chi connectivity index (χ2n) is 14.2. The molecule has 4 rings (SSSR count). The van der Waals surface area contributed by atoms with E-state index in [-0.39, 0.29) is 29.3 Å². The number of rotatable bonds is 9. The molecule has 3 fully saturated rings. The minimum Gasteiger partial charge on any atom is -0.480 e. The van der Waals surface area contributed by atoms with Crippen molar-refractivity contribution in [1.29, 1.82) is 0 Å². The number of oxime groups is 1. The minimum atomic E-state index is -1.12. The molecule has 0 spiro atoms. The zero-order valence-corrected chi connectivity index (χ0v) is 26.0. The van der Waals surface area contributed by atoms with Gasteiger partial charge in [-0.15, -0.1) is 6.42 Å². The number of fused-ring (bicyclic) bond motifs is 5. The molecule has 3 saturated carbocycles. The smallest absolute Gasteiger partial charge is 0.326 e. The van der Waals surface area contributed by atoms with Crippen molar-refractivity contribution in [3.8, 4) is 12.3 Å². The number of nitrogens with zero attached hydrogens (tertiary/aromatic N) is 1. The predicted octanol–water partition coefficient (Wildman–Crippen LogP) is 4.05. The Balaban J connectivity index is 1.36. The third kappa shape index (κ3) is 5.71. The van der Waals surface area contributed by atoms with E-state index < -0.39 is 35.5 Å². The highest BCUT2D eigenvalue weighted by molar-refractivity contribution is 5.96. The Morgan fingerprint density at radius 2 is 1.69 bits per heavy atom. The van der Waals surface area contributed by atoms with E-state index in [1.54, 1.807) is 27.7 Å². The first-order valence-corrected chi connectivity index (χ1v) is 15.6. The van der Waals surface area contributed by atoms with Crippen LogP contribution < -0.4 is 10.6 Å². The van der Waals surface area contributed by atoms with Gasteiger partial charge in [-0.2, -0.15) is 0 Å². The van der Waals surface area contributed by atoms with Gasteiger partial charge in [-0.25, -0.2) is 4.79 Å². The molecule has 0 saturated heterocycles. The summed E-state index contributed by atoms with van der Waals surface area (Å²) in [7, 11) is 0. The van der Waals surface area contributed by atoms with Gasteiger partial charge in [0, 0.05) is 5.41 Å². The highest BCUT2D eigenvalue weighted by Crippen LogP contribution is 2.67. The van der Waals surface area contributed by atoms with E-state index in [0.717, 1.165) is 50.7 Å². The number of nitrogens with one attached hydrogen (secondary N) is 2. The van der Waals surface area contributed by atoms with Gasteiger partial charge < -0.3 is 25.7 Å². The largest absolute Gasteiger partial charge is 0.480 e. The molecular formula is C33H49N3O6. The average Bonchev–Trinajstić information content (AvgIpc) is 3.20. The van der Waals surface area contributed by atoms with Crippen LogP contribution in [0.25, 0.3) is 0 Å². The minimum absolute atomic E-state index is 0.0825. The number of carboxylic acid groups (broad SMARTS) is 1. The number of carbonyl (C=O) groups is 3. The van der Waals surface area contributed by atoms with Gasteiger partial charge in [0.2, 0.25) is 5.91 Å². The lowest BCUT2D eigenvalue weighted by molar-refractivity contribution is -0.143. The van der Waals surface area contributed by atoms with Crippen molar-refractivity contribution >= 4 is 23.5 Å². The third-order valence-corrected chi connectivity index (χ3v) is 11.2. The summed E-state index contributed by atoms with van der Waals surface area (Å²) in [4.78, 5) is 42.3. The van der Waals surface area contributed by atoms with Crippen molar-refractivity contribution < 1.29 is 29.4 Å². The van der Waals surface area contributed by atoms with Gasteiger partial charge in [0.15, 0.2) is 6.61 Å². The summed E-state index contributed by atoms with van der Waals surface area (Å²) >= 11 is 0. The third-order valence-electron chi connectivity index (χ3n) is 11.2. The summed E-state index contributed by atoms with van der Waals surface area (Å²) in [5.74, 6) is 1.62. The molecular weight excluding hydrogens is 534 g/mol. The van der Waals surface area contributed by atoms with Gasteiger partial charge in [-0.05, 0) is 92.4 Å². The van der Waals surface area contributed by atoms with Crippen LogP contribution >= 0.6 is 0 Å². The zero-order valence-electron chi connectivity index (χ0n) is 26.0. The van der Waals surface area contributed by atoms with Crippen molar-refractivity contribution in [2.45, 2.75) is 111 Å². The number of amides is 2. The maximum atomic E-state index is 12.8. The van der Waals surface area contributed by atoms with Crippen LogP contribution in [0.4, 0.5) is 0 Å². The van der Waals surface area contributed by atoms with E-state index in [0.29, 0.717) is 24.2 Å². The number of carbonyl (C=O) groups excluding carboxylic acids is 2. The maximum absolute atomic E-state index is 12.8. The predicted molar refractivity (Wildman–Crippen MR) is 160 cm³/mol. The Morgan fingerprint density at radius 1 is 1.02 bits per heavy atom. The van der Waals surface area contributed by atoms with E-state index >= 15 is 0 Å². The second-order valence-corrected chi connectivity index (χ2v) is 14.2. The molecule has 0 aromatic heterocycles. The van der Waals surface area contributed by atoms with Gasteiger partial charge in [-0.3, -0.25) is 9.59 Å². The fraction of sp³-hybridized carbons (Fsp3) is 0.758. The lowest BCUT2D eigenvalue weighted by Crippen LogP contribution is -2.55. The molecule has 4 aliphatic rings. The topological polar surface area (TPSA) is 137 Å². The van der Waals surface area contributed by atoms with Gasteiger partial charge in [0.05, 0.1) is 5.71 Å². The molecule has 0 aromatic rings. The van der Waals surface area contributed by atoms with E-state index in [1.165, 1.54) is 5.57 Å². The number of aliphatic hydroxyl groups is 1. The summed E-state index contributed by atoms with van der Waals surface area (Å²) in [5.41, 5.74) is 1.09. The number of hydrogen-bond acceptors (Lipinski definition) is 6. The van der Waals surface area contributed by atoms with Crippen LogP contribution in [0.2, 0.25) is 0 Å². The summed E-state index contributed by atoms with van der Waals surface area (Å²) in [6.45, 7) is 11.3. The molecule has 0 heterocycles. The average molecular weight is 584 g/mol. The highest BCUT2D eigenvalue weighted by Gasteiger charge is 2.63. The van der Waals surface area contributed by atoms with Gasteiger partial charge in [0.25, 0.3) is 5.91 Å². The molecule has 232 valence electrons. The lowest BCUT2D eigenvalue weighted by Gasteiger charge is -2.58. The standard InChI is InChI=1S/C33H49N3O6/c1-8-33(41)16-13-25-23-10-9-21-17-22(11-14-31(21,6)24(23)12-15-32(25,33)7)36-42-18-26(37)34-27(19(2)3)29(38)35-28(20(4)5)30(39)40/h1,17,19-20,23-25,27-28,41H,9-16,18H2,2-7H3,(H,34,37)(H,35,38)(H,39,40)/b36-22+/t23-,24-,25-,27+,28-,31+,32+,33-/m1/s1. The van der Waals surface area contributed by atoms with Crippen LogP contribution in [0, 0.1) is 52.8 Å². The van der Waals surface area contributed by atoms with Crippen molar-refractivity contribution in [2.75, 3.05) is 6.61 Å². The second kappa shape index (κ2) is 12.0. The van der Waals surface area contributed by atoms with Crippen molar-refractivity contribution in [3.63, 3.8) is 0 Å². The lowest BCUT2D eigenvalue weighted by atomic mass is 9.46. The molecule has 0 aromatic carbocycles. The summed E-state index contributed by atoms with van der Waals surface area (Å²) < 4.78 is 0. The summed E-state index contributed by atoms with van der Waals surface area (Å²) in [6.07, 6.45) is 15.5. The summed E-state index contributed by atoms with van der Waals surface area (Å²) in [5, 5.41) is 30.1. The van der Waals surface area contributed by atoms with Gasteiger partial charge >= 0.3 is 5.97 Å². The van der Waals surface area contributed by atoms with Crippen LogP contribution in [0.3, 0.4) is 0 Å². The van der Waals surface area contributed by atoms with Crippen molar-refractivity contribution in [2.24, 2.45) is 45.6 Å². The van der Waals surface area contributed by atoms with Crippen LogP contribution in [-0.2, 0) is 19.2 Å². The molecule has 0 radical (unpaired) electrons. The monoisotopic (exact) mass is 583 g/mol. The SMILES string of the molecule is C#C[C@@]1(O)CC[C@@H]2[C@@H]3CCC4=C/C(=N/OCC(=O)N[C@H](C(=O)N[C@@H](C(=O)O)C(C)C)C(C)C)CC[C@]4(C)[C@@H]3CC[C@@]21C. The molecule has 0 aliphatic heterocycles. The van der Waals surface area contributed by atoms with E-state index in [2.05, 4.69) is 41.6 Å². The highest BCUT2D eigenvalue weighted by atomic mass is 16.6. The molecule has 0 bridgehead atoms. The molecule has 2 amide bonds. The maximum Gasteiger partial charge on any atom is 0.326 e. The van der Waals surface area contributed by atoms with Crippen molar-refractivity contribution in [1.82, 2.24) is 10.6 Å². The first-order valence-electron chi connectivity index (χ1n) is 15.6. The van der Waals surface area contributed by atoms with Gasteiger partial charge in [0.1, 0.15) is 17.7 Å². The molecule has 8 atom stereocenters. The fourth-order valence-electron chi connectivity index (χ4n) is 8.58. The number of terminal acetylenes is 1. The number of allylic oxidation sites excluding steroid dienone is 2. The van der Waals surface area contributed by atoms with Crippen LogP contribution in [0.5, 0.6) is 0 Å². The van der Waals surface area contributed by atoms with Gasteiger partial charge in [-0.1, -0.05) is 58.2 Å². The molecule has 4 aliphatic carbocycles. The Labute approximate surface area is 250 Å². The van der Waals surface area contributed by atoms with E-state index in [1.807, 2.05) is 0 Å². The fourth-order valence-corrected chi connectivity index (χ4v) is 8.58. The molecule has 42 heavy (non-hydrogen) atoms. The first kappa shape index (κ1) is 32.1. The van der Waals surface area contributed by atoms with Crippen LogP contribution in [0.15, 0.2) is 16.8 Å². The van der Waals surface area contributed by atoms with E-state index in [9.17, 15) is 24.6 Å². The molecule has 9 nitrogen and oxygen atoms in total. The molecule has 4 N–H and O–H groups in total. The normalized spacial score (nSPS) is 36.1. The van der Waals surface area contributed by atoms with E-state index in [4.69, 9.17) is 11.3 Å². The Kier molecular flexibility index (Phi) is 9.18. The zero-order chi connectivity index (χ0) is 31.0. The Hall–Kier alpha value is -2.86. The Morgan fingerprint density at radius 3 is 2.31 bits per heavy atom. The summed E-state index contributed by atoms with van der Waals surface area (Å²) in [6, 6.07) is -1.93. The van der Waals surface area contributed by atoms with Crippen molar-refractivity contribution in [3.05, 3.63) is 11.6 Å². The number of aliphatic carboxylic acids is 1. The van der Waals surface area contributed by atoms with Crippen LogP contribution in [0.1, 0.15) is 92.9 Å². The Bertz CT molecular complexity index is 1190. The first-order chi connectivity index (χ1) is 19.7. The molecule has 0 unspecified atom stereocenters.